The molecule has 1 aromatic heterocycles. The summed E-state index contributed by atoms with van der Waals surface area (Å²) in [4.78, 5) is 4.64. The Morgan fingerprint density at radius 2 is 1.20 bits per heavy atom. The molecule has 0 atom stereocenters. The third kappa shape index (κ3) is 3.26. The highest BCUT2D eigenvalue weighted by molar-refractivity contribution is 6.30. The van der Waals surface area contributed by atoms with E-state index in [1.165, 1.54) is 16.7 Å². The zero-order valence-corrected chi connectivity index (χ0v) is 14.9. The van der Waals surface area contributed by atoms with Crippen LogP contribution in [-0.2, 0) is 0 Å². The van der Waals surface area contributed by atoms with E-state index in [4.69, 9.17) is 23.2 Å². The molecule has 0 aliphatic heterocycles. The Kier molecular flexibility index (Phi) is 4.44. The molecule has 4 aromatic rings. The Hall–Kier alpha value is -2.35. The minimum atomic E-state index is 0.0631. The highest BCUT2D eigenvalue weighted by Crippen LogP contribution is 2.36. The summed E-state index contributed by atoms with van der Waals surface area (Å²) >= 11 is 12.2. The zero-order chi connectivity index (χ0) is 17.2. The molecule has 0 saturated carbocycles. The van der Waals surface area contributed by atoms with Gasteiger partial charge in [0, 0.05) is 27.5 Å². The van der Waals surface area contributed by atoms with Crippen LogP contribution in [-0.4, -0.2) is 4.98 Å². The molecule has 0 spiro atoms. The van der Waals surface area contributed by atoms with Crippen molar-refractivity contribution in [3.8, 4) is 0 Å². The molecule has 0 saturated heterocycles. The average molecular weight is 364 g/mol. The molecule has 1 nitrogen and oxygen atoms in total. The molecular formula is C22H15Cl2N. The zero-order valence-electron chi connectivity index (χ0n) is 13.4. The van der Waals surface area contributed by atoms with Crippen LogP contribution < -0.4 is 0 Å². The second kappa shape index (κ2) is 6.87. The van der Waals surface area contributed by atoms with Crippen molar-refractivity contribution >= 4 is 34.1 Å². The predicted octanol–water partition coefficient (Wildman–Crippen LogP) is 6.72. The van der Waals surface area contributed by atoms with Crippen molar-refractivity contribution in [2.45, 2.75) is 5.92 Å². The van der Waals surface area contributed by atoms with E-state index >= 15 is 0 Å². The summed E-state index contributed by atoms with van der Waals surface area (Å²) in [6.07, 6.45) is 1.84. The molecule has 0 unspecified atom stereocenters. The van der Waals surface area contributed by atoms with Gasteiger partial charge >= 0.3 is 0 Å². The molecule has 3 heteroatoms. The van der Waals surface area contributed by atoms with E-state index in [1.807, 2.05) is 36.5 Å². The first-order valence-corrected chi connectivity index (χ1v) is 8.82. The van der Waals surface area contributed by atoms with Crippen molar-refractivity contribution in [2.75, 3.05) is 0 Å². The fraction of sp³-hybridized carbons (Fsp3) is 0.0455. The first-order valence-electron chi connectivity index (χ1n) is 8.07. The minimum Gasteiger partial charge on any atom is -0.256 e. The van der Waals surface area contributed by atoms with Gasteiger partial charge in [0.05, 0.1) is 5.52 Å². The van der Waals surface area contributed by atoms with Crippen molar-refractivity contribution in [1.82, 2.24) is 4.98 Å². The van der Waals surface area contributed by atoms with Crippen LogP contribution in [0.15, 0.2) is 85.1 Å². The fourth-order valence-electron chi connectivity index (χ4n) is 3.22. The summed E-state index contributed by atoms with van der Waals surface area (Å²) in [6.45, 7) is 0. The maximum atomic E-state index is 6.09. The highest BCUT2D eigenvalue weighted by atomic mass is 35.5. The fourth-order valence-corrected chi connectivity index (χ4v) is 3.47. The summed E-state index contributed by atoms with van der Waals surface area (Å²) in [6, 6.07) is 26.4. The molecule has 0 aliphatic rings. The third-order valence-corrected chi connectivity index (χ3v) is 4.89. The largest absolute Gasteiger partial charge is 0.256 e. The normalized spacial score (nSPS) is 11.2. The molecule has 0 N–H and O–H groups in total. The number of para-hydroxylation sites is 1. The van der Waals surface area contributed by atoms with Crippen molar-refractivity contribution in [3.05, 3.63) is 112 Å². The molecule has 4 rings (SSSR count). The third-order valence-electron chi connectivity index (χ3n) is 4.38. The van der Waals surface area contributed by atoms with Gasteiger partial charge < -0.3 is 0 Å². The quantitative estimate of drug-likeness (QED) is 0.368. The lowest BCUT2D eigenvalue weighted by atomic mass is 9.84. The maximum Gasteiger partial charge on any atom is 0.0743 e. The average Bonchev–Trinajstić information content (AvgIpc) is 2.65. The molecule has 122 valence electrons. The number of aromatic nitrogens is 1. The summed E-state index contributed by atoms with van der Waals surface area (Å²) in [5, 5.41) is 2.59. The lowest BCUT2D eigenvalue weighted by molar-refractivity contribution is 0.983. The standard InChI is InChI=1S/C22H15Cl2N/c23-18-10-6-15(7-11-18)21(16-8-12-19(24)13-9-16)20-5-1-3-17-4-2-14-25-22(17)20/h1-14,21H. The first-order chi connectivity index (χ1) is 12.2. The number of halogens is 2. The number of fused-ring (bicyclic) bond motifs is 1. The number of pyridine rings is 1. The molecule has 0 amide bonds. The van der Waals surface area contributed by atoms with E-state index in [-0.39, 0.29) is 5.92 Å². The van der Waals surface area contributed by atoms with Crippen LogP contribution in [0.1, 0.15) is 22.6 Å². The lowest BCUT2D eigenvalue weighted by Gasteiger charge is -2.20. The number of benzene rings is 3. The number of rotatable bonds is 3. The van der Waals surface area contributed by atoms with Gasteiger partial charge in [-0.3, -0.25) is 4.98 Å². The van der Waals surface area contributed by atoms with Crippen molar-refractivity contribution in [2.24, 2.45) is 0 Å². The monoisotopic (exact) mass is 363 g/mol. The second-order valence-electron chi connectivity index (χ2n) is 5.96. The molecule has 0 bridgehead atoms. The maximum absolute atomic E-state index is 6.09. The molecule has 0 aliphatic carbocycles. The van der Waals surface area contributed by atoms with Crippen LogP contribution in [0.5, 0.6) is 0 Å². The van der Waals surface area contributed by atoms with E-state index in [0.29, 0.717) is 0 Å². The molecule has 0 fully saturated rings. The van der Waals surface area contributed by atoms with Gasteiger partial charge in [-0.1, -0.05) is 71.7 Å². The Morgan fingerprint density at radius 1 is 0.640 bits per heavy atom. The van der Waals surface area contributed by atoms with Gasteiger partial charge in [0.1, 0.15) is 0 Å². The summed E-state index contributed by atoms with van der Waals surface area (Å²) in [5.41, 5.74) is 4.53. The van der Waals surface area contributed by atoms with Gasteiger partial charge in [0.15, 0.2) is 0 Å². The Balaban J connectivity index is 1.96. The number of hydrogen-bond acceptors (Lipinski definition) is 1. The molecule has 0 radical (unpaired) electrons. The SMILES string of the molecule is Clc1ccc(C(c2ccc(Cl)cc2)c2cccc3cccnc23)cc1. The predicted molar refractivity (Wildman–Crippen MR) is 106 cm³/mol. The summed E-state index contributed by atoms with van der Waals surface area (Å²) in [7, 11) is 0. The van der Waals surface area contributed by atoms with Gasteiger partial charge in [0.2, 0.25) is 0 Å². The van der Waals surface area contributed by atoms with E-state index < -0.39 is 0 Å². The highest BCUT2D eigenvalue weighted by Gasteiger charge is 2.19. The smallest absolute Gasteiger partial charge is 0.0743 e. The van der Waals surface area contributed by atoms with Crippen molar-refractivity contribution < 1.29 is 0 Å². The first kappa shape index (κ1) is 16.1. The van der Waals surface area contributed by atoms with Crippen LogP contribution in [0.4, 0.5) is 0 Å². The van der Waals surface area contributed by atoms with E-state index in [9.17, 15) is 0 Å². The van der Waals surface area contributed by atoms with Gasteiger partial charge in [-0.15, -0.1) is 0 Å². The number of nitrogens with zero attached hydrogens (tertiary/aromatic N) is 1. The van der Waals surface area contributed by atoms with Gasteiger partial charge in [-0.25, -0.2) is 0 Å². The Bertz CT molecular complexity index is 957. The van der Waals surface area contributed by atoms with Crippen molar-refractivity contribution in [1.29, 1.82) is 0 Å². The van der Waals surface area contributed by atoms with E-state index in [1.54, 1.807) is 0 Å². The lowest BCUT2D eigenvalue weighted by Crippen LogP contribution is -2.04. The Morgan fingerprint density at radius 3 is 1.80 bits per heavy atom. The Labute approximate surface area is 156 Å². The summed E-state index contributed by atoms with van der Waals surface area (Å²) < 4.78 is 0. The topological polar surface area (TPSA) is 12.9 Å². The molecule has 1 heterocycles. The van der Waals surface area contributed by atoms with Gasteiger partial charge in [-0.05, 0) is 47.0 Å². The van der Waals surface area contributed by atoms with E-state index in [2.05, 4.69) is 53.5 Å². The minimum absolute atomic E-state index is 0.0631. The molecule has 25 heavy (non-hydrogen) atoms. The van der Waals surface area contributed by atoms with Gasteiger partial charge in [0.25, 0.3) is 0 Å². The summed E-state index contributed by atoms with van der Waals surface area (Å²) in [5.74, 6) is 0.0631. The van der Waals surface area contributed by atoms with Crippen LogP contribution in [0.25, 0.3) is 10.9 Å². The number of hydrogen-bond donors (Lipinski definition) is 0. The van der Waals surface area contributed by atoms with Gasteiger partial charge in [-0.2, -0.15) is 0 Å². The van der Waals surface area contributed by atoms with Crippen LogP contribution >= 0.6 is 23.2 Å². The molecular weight excluding hydrogens is 349 g/mol. The van der Waals surface area contributed by atoms with E-state index in [0.717, 1.165) is 20.9 Å². The second-order valence-corrected chi connectivity index (χ2v) is 6.83. The van der Waals surface area contributed by atoms with Crippen LogP contribution in [0.2, 0.25) is 10.0 Å². The van der Waals surface area contributed by atoms with Crippen LogP contribution in [0, 0.1) is 0 Å². The van der Waals surface area contributed by atoms with Crippen LogP contribution in [0.3, 0.4) is 0 Å². The molecule has 3 aromatic carbocycles. The van der Waals surface area contributed by atoms with Crippen molar-refractivity contribution in [3.63, 3.8) is 0 Å².